The molecule has 3 rings (SSSR count). The van der Waals surface area contributed by atoms with Gasteiger partial charge in [0.15, 0.2) is 16.6 Å². The molecule has 0 saturated heterocycles. The minimum absolute atomic E-state index is 0.0188. The van der Waals surface area contributed by atoms with E-state index >= 15 is 0 Å². The number of nitrogens with one attached hydrogen (secondary N) is 2. The highest BCUT2D eigenvalue weighted by atomic mass is 32.1. The van der Waals surface area contributed by atoms with Crippen molar-refractivity contribution >= 4 is 34.0 Å². The molecule has 2 amide bonds. The molecule has 0 atom stereocenters. The van der Waals surface area contributed by atoms with Crippen molar-refractivity contribution in [1.82, 2.24) is 4.98 Å². The van der Waals surface area contributed by atoms with Gasteiger partial charge in [-0.15, -0.1) is 11.3 Å². The van der Waals surface area contributed by atoms with Crippen LogP contribution in [0.3, 0.4) is 0 Å². The summed E-state index contributed by atoms with van der Waals surface area (Å²) >= 11 is 1.32. The van der Waals surface area contributed by atoms with Gasteiger partial charge < -0.3 is 24.8 Å². The van der Waals surface area contributed by atoms with E-state index in [0.29, 0.717) is 33.8 Å². The summed E-state index contributed by atoms with van der Waals surface area (Å²) in [6.07, 6.45) is 4.15. The highest BCUT2D eigenvalue weighted by molar-refractivity contribution is 7.13. The lowest BCUT2D eigenvalue weighted by molar-refractivity contribution is -0.119. The van der Waals surface area contributed by atoms with Crippen molar-refractivity contribution in [3.63, 3.8) is 0 Å². The topological polar surface area (TPSA) is 98.8 Å². The fourth-order valence-electron chi connectivity index (χ4n) is 3.36. The molecule has 0 aliphatic heterocycles. The summed E-state index contributed by atoms with van der Waals surface area (Å²) in [5.41, 5.74) is 1.12. The Morgan fingerprint density at radius 3 is 2.31 bits per heavy atom. The van der Waals surface area contributed by atoms with E-state index in [1.807, 2.05) is 0 Å². The average molecular weight is 420 g/mol. The second kappa shape index (κ2) is 9.60. The zero-order chi connectivity index (χ0) is 20.8. The lowest BCUT2D eigenvalue weighted by atomic mass is 10.1. The first-order valence-corrected chi connectivity index (χ1v) is 10.3. The number of ether oxygens (including phenoxy) is 3. The molecule has 1 saturated carbocycles. The van der Waals surface area contributed by atoms with Crippen molar-refractivity contribution in [2.24, 2.45) is 5.92 Å². The van der Waals surface area contributed by atoms with Crippen LogP contribution in [0.25, 0.3) is 0 Å². The molecular weight excluding hydrogens is 394 g/mol. The predicted molar refractivity (Wildman–Crippen MR) is 111 cm³/mol. The Labute approximate surface area is 173 Å². The van der Waals surface area contributed by atoms with Gasteiger partial charge in [0.05, 0.1) is 33.4 Å². The number of carbonyl (C=O) groups is 2. The number of hydrogen-bond donors (Lipinski definition) is 2. The standard InChI is InChI=1S/C20H25N3O5S/c1-26-15-8-13(9-16(27-2)18(15)28-3)21-17(24)10-14-11-29-20(22-14)23-19(25)12-6-4-5-7-12/h8-9,11-12H,4-7,10H2,1-3H3,(H,21,24)(H,22,23,25). The summed E-state index contributed by atoms with van der Waals surface area (Å²) in [6, 6.07) is 3.32. The Hall–Kier alpha value is -2.81. The second-order valence-electron chi connectivity index (χ2n) is 6.75. The molecule has 1 heterocycles. The SMILES string of the molecule is COc1cc(NC(=O)Cc2csc(NC(=O)C3CCCC3)n2)cc(OC)c1OC. The molecule has 0 spiro atoms. The summed E-state index contributed by atoms with van der Waals surface area (Å²) < 4.78 is 15.9. The van der Waals surface area contributed by atoms with Crippen molar-refractivity contribution in [3.05, 3.63) is 23.2 Å². The third-order valence-electron chi connectivity index (χ3n) is 4.80. The van der Waals surface area contributed by atoms with Gasteiger partial charge in [-0.2, -0.15) is 0 Å². The van der Waals surface area contributed by atoms with Gasteiger partial charge in [0.2, 0.25) is 17.6 Å². The van der Waals surface area contributed by atoms with Gasteiger partial charge in [0.1, 0.15) is 0 Å². The number of thiazole rings is 1. The van der Waals surface area contributed by atoms with Crippen LogP contribution in [0.2, 0.25) is 0 Å². The van der Waals surface area contributed by atoms with E-state index in [1.165, 1.54) is 32.7 Å². The van der Waals surface area contributed by atoms with Gasteiger partial charge >= 0.3 is 0 Å². The molecule has 29 heavy (non-hydrogen) atoms. The Kier molecular flexibility index (Phi) is 6.92. The van der Waals surface area contributed by atoms with Crippen LogP contribution in [0.5, 0.6) is 17.2 Å². The molecule has 1 aromatic carbocycles. The maximum Gasteiger partial charge on any atom is 0.230 e. The lowest BCUT2D eigenvalue weighted by Gasteiger charge is -2.14. The second-order valence-corrected chi connectivity index (χ2v) is 7.61. The predicted octanol–water partition coefficient (Wildman–Crippen LogP) is 3.48. The van der Waals surface area contributed by atoms with Gasteiger partial charge in [-0.1, -0.05) is 12.8 Å². The average Bonchev–Trinajstić information content (AvgIpc) is 3.39. The number of hydrogen-bond acceptors (Lipinski definition) is 7. The first-order chi connectivity index (χ1) is 14.0. The first kappa shape index (κ1) is 20.9. The molecular formula is C20H25N3O5S. The number of anilines is 2. The Balaban J connectivity index is 1.61. The zero-order valence-corrected chi connectivity index (χ0v) is 17.6. The normalized spacial score (nSPS) is 13.8. The minimum Gasteiger partial charge on any atom is -0.493 e. The monoisotopic (exact) mass is 419 g/mol. The number of nitrogens with zero attached hydrogens (tertiary/aromatic N) is 1. The number of benzene rings is 1. The van der Waals surface area contributed by atoms with E-state index in [0.717, 1.165) is 25.7 Å². The summed E-state index contributed by atoms with van der Waals surface area (Å²) in [7, 11) is 4.54. The van der Waals surface area contributed by atoms with Gasteiger partial charge in [0, 0.05) is 29.1 Å². The van der Waals surface area contributed by atoms with Crippen LogP contribution in [0.15, 0.2) is 17.5 Å². The van der Waals surface area contributed by atoms with Crippen LogP contribution in [-0.4, -0.2) is 38.1 Å². The van der Waals surface area contributed by atoms with E-state index in [1.54, 1.807) is 17.5 Å². The maximum absolute atomic E-state index is 12.4. The van der Waals surface area contributed by atoms with Crippen molar-refractivity contribution in [3.8, 4) is 17.2 Å². The van der Waals surface area contributed by atoms with Crippen LogP contribution >= 0.6 is 11.3 Å². The van der Waals surface area contributed by atoms with E-state index in [2.05, 4.69) is 15.6 Å². The van der Waals surface area contributed by atoms with Crippen LogP contribution < -0.4 is 24.8 Å². The van der Waals surface area contributed by atoms with E-state index in [9.17, 15) is 9.59 Å². The third kappa shape index (κ3) is 5.17. The molecule has 9 heteroatoms. The summed E-state index contributed by atoms with van der Waals surface area (Å²) in [5, 5.41) is 7.97. The number of carbonyl (C=O) groups excluding carboxylic acids is 2. The highest BCUT2D eigenvalue weighted by Gasteiger charge is 2.23. The van der Waals surface area contributed by atoms with Crippen molar-refractivity contribution in [2.45, 2.75) is 32.1 Å². The molecule has 0 radical (unpaired) electrons. The Bertz CT molecular complexity index is 852. The number of methoxy groups -OCH3 is 3. The van der Waals surface area contributed by atoms with Crippen LogP contribution in [0.1, 0.15) is 31.4 Å². The van der Waals surface area contributed by atoms with E-state index < -0.39 is 0 Å². The molecule has 156 valence electrons. The van der Waals surface area contributed by atoms with Crippen LogP contribution in [0.4, 0.5) is 10.8 Å². The molecule has 0 unspecified atom stereocenters. The van der Waals surface area contributed by atoms with Crippen molar-refractivity contribution in [2.75, 3.05) is 32.0 Å². The number of rotatable bonds is 8. The van der Waals surface area contributed by atoms with E-state index in [4.69, 9.17) is 14.2 Å². The summed E-state index contributed by atoms with van der Waals surface area (Å²) in [4.78, 5) is 29.0. The lowest BCUT2D eigenvalue weighted by Crippen LogP contribution is -2.20. The fraction of sp³-hybridized carbons (Fsp3) is 0.450. The van der Waals surface area contributed by atoms with Crippen molar-refractivity contribution < 1.29 is 23.8 Å². The van der Waals surface area contributed by atoms with E-state index in [-0.39, 0.29) is 24.2 Å². The third-order valence-corrected chi connectivity index (χ3v) is 5.60. The van der Waals surface area contributed by atoms with Gasteiger partial charge in [-0.05, 0) is 12.8 Å². The molecule has 1 aliphatic carbocycles. The molecule has 1 aromatic heterocycles. The molecule has 2 N–H and O–H groups in total. The maximum atomic E-state index is 12.4. The van der Waals surface area contributed by atoms with Crippen LogP contribution in [-0.2, 0) is 16.0 Å². The molecule has 1 fully saturated rings. The summed E-state index contributed by atoms with van der Waals surface area (Å²) in [6.45, 7) is 0. The Morgan fingerprint density at radius 1 is 1.07 bits per heavy atom. The highest BCUT2D eigenvalue weighted by Crippen LogP contribution is 2.40. The zero-order valence-electron chi connectivity index (χ0n) is 16.7. The minimum atomic E-state index is -0.238. The van der Waals surface area contributed by atoms with Crippen LogP contribution in [0, 0.1) is 5.92 Å². The fourth-order valence-corrected chi connectivity index (χ4v) is 4.08. The summed E-state index contributed by atoms with van der Waals surface area (Å²) in [5.74, 6) is 1.21. The van der Waals surface area contributed by atoms with Crippen molar-refractivity contribution in [1.29, 1.82) is 0 Å². The largest absolute Gasteiger partial charge is 0.493 e. The first-order valence-electron chi connectivity index (χ1n) is 9.39. The van der Waals surface area contributed by atoms with Gasteiger partial charge in [-0.25, -0.2) is 4.98 Å². The molecule has 0 bridgehead atoms. The number of amides is 2. The van der Waals surface area contributed by atoms with Gasteiger partial charge in [-0.3, -0.25) is 9.59 Å². The van der Waals surface area contributed by atoms with Gasteiger partial charge in [0.25, 0.3) is 0 Å². The smallest absolute Gasteiger partial charge is 0.230 e. The number of aromatic nitrogens is 1. The Morgan fingerprint density at radius 2 is 1.72 bits per heavy atom. The quantitative estimate of drug-likeness (QED) is 0.680. The molecule has 1 aliphatic rings. The molecule has 8 nitrogen and oxygen atoms in total. The molecule has 2 aromatic rings.